The molecule has 6 rings (SSSR count). The number of carbonyl (C=O) groups excluding carboxylic acids is 1. The number of anilines is 3. The lowest BCUT2D eigenvalue weighted by Gasteiger charge is -2.35. The van der Waals surface area contributed by atoms with Crippen LogP contribution in [0.15, 0.2) is 83.9 Å². The summed E-state index contributed by atoms with van der Waals surface area (Å²) in [6, 6.07) is 17.8. The molecule has 0 bridgehead atoms. The lowest BCUT2D eigenvalue weighted by molar-refractivity contribution is -0.228. The number of nitrogens with zero attached hydrogens (tertiary/aromatic N) is 3. The summed E-state index contributed by atoms with van der Waals surface area (Å²) >= 11 is 0. The molecular formula is C34H34F4N6O5S. The Labute approximate surface area is 286 Å². The average molecular weight is 715 g/mol. The van der Waals surface area contributed by atoms with Crippen LogP contribution in [0.4, 0.5) is 35.0 Å². The Morgan fingerprint density at radius 3 is 2.38 bits per heavy atom. The van der Waals surface area contributed by atoms with Gasteiger partial charge < -0.3 is 25.5 Å². The molecule has 0 atom stereocenters. The Hall–Kier alpha value is -4.80. The third-order valence-electron chi connectivity index (χ3n) is 8.43. The molecule has 0 spiro atoms. The van der Waals surface area contributed by atoms with Gasteiger partial charge >= 0.3 is 12.1 Å². The summed E-state index contributed by atoms with van der Waals surface area (Å²) in [5.41, 5.74) is 3.44. The topological polar surface area (TPSA) is 135 Å². The van der Waals surface area contributed by atoms with Crippen molar-refractivity contribution in [3.63, 3.8) is 0 Å². The van der Waals surface area contributed by atoms with Crippen molar-refractivity contribution < 1.29 is 40.3 Å². The Morgan fingerprint density at radius 2 is 1.66 bits per heavy atom. The molecule has 11 nitrogen and oxygen atoms in total. The number of aromatic nitrogens is 2. The predicted molar refractivity (Wildman–Crippen MR) is 175 cm³/mol. The van der Waals surface area contributed by atoms with Crippen LogP contribution in [0.3, 0.4) is 0 Å². The van der Waals surface area contributed by atoms with E-state index < -0.39 is 28.2 Å². The third kappa shape index (κ3) is 8.67. The number of benzene rings is 3. The monoisotopic (exact) mass is 714 g/mol. The highest BCUT2D eigenvalue weighted by Crippen LogP contribution is 2.31. The van der Waals surface area contributed by atoms with Gasteiger partial charge in [-0.3, -0.25) is 0 Å². The highest BCUT2D eigenvalue weighted by atomic mass is 32.2. The molecule has 16 heteroatoms. The minimum absolute atomic E-state index is 0.00576. The van der Waals surface area contributed by atoms with Crippen molar-refractivity contribution in [1.29, 1.82) is 0 Å². The summed E-state index contributed by atoms with van der Waals surface area (Å²) in [7, 11) is -4.68. The molecule has 1 aromatic heterocycles. The molecule has 3 N–H and O–H groups in total. The van der Waals surface area contributed by atoms with Crippen molar-refractivity contribution >= 4 is 33.4 Å². The maximum absolute atomic E-state index is 13.7. The molecule has 1 aliphatic heterocycles. The number of carbonyl (C=O) groups is 1. The molecule has 0 amide bonds. The van der Waals surface area contributed by atoms with Crippen LogP contribution in [0.2, 0.25) is 0 Å². The van der Waals surface area contributed by atoms with Crippen molar-refractivity contribution in [2.45, 2.75) is 68.3 Å². The average Bonchev–Trinajstić information content (AvgIpc) is 3.58. The van der Waals surface area contributed by atoms with Crippen LogP contribution in [0, 0.1) is 5.82 Å². The van der Waals surface area contributed by atoms with Gasteiger partial charge in [0.25, 0.3) is 10.0 Å². The summed E-state index contributed by atoms with van der Waals surface area (Å²) in [6.45, 7) is 1.41. The second-order valence-electron chi connectivity index (χ2n) is 12.0. The number of alkyl halides is 3. The first kappa shape index (κ1) is 35.0. The highest BCUT2D eigenvalue weighted by Gasteiger charge is 2.46. The second-order valence-corrected chi connectivity index (χ2v) is 13.7. The van der Waals surface area contributed by atoms with Gasteiger partial charge in [-0.15, -0.1) is 0 Å². The van der Waals surface area contributed by atoms with Crippen molar-refractivity contribution in [2.24, 2.45) is 0 Å². The van der Waals surface area contributed by atoms with E-state index in [1.807, 2.05) is 12.1 Å². The van der Waals surface area contributed by atoms with E-state index in [0.29, 0.717) is 43.1 Å². The first-order valence-electron chi connectivity index (χ1n) is 15.9. The number of sulfonamides is 1. The zero-order chi connectivity index (χ0) is 35.3. The third-order valence-corrected chi connectivity index (χ3v) is 10.1. The number of hydrogen-bond acceptors (Lipinski definition) is 10. The van der Waals surface area contributed by atoms with Crippen LogP contribution in [0.5, 0.6) is 5.75 Å². The van der Waals surface area contributed by atoms with E-state index in [0.717, 1.165) is 23.3 Å². The molecule has 0 unspecified atom stereocenters. The van der Waals surface area contributed by atoms with Gasteiger partial charge in [0.1, 0.15) is 17.4 Å². The molecule has 1 saturated carbocycles. The number of fused-ring (bicyclic) bond motifs is 1. The van der Waals surface area contributed by atoms with E-state index in [1.165, 1.54) is 42.6 Å². The number of hydrogen-bond donors (Lipinski definition) is 3. The molecular weight excluding hydrogens is 680 g/mol. The highest BCUT2D eigenvalue weighted by molar-refractivity contribution is 7.89. The van der Waals surface area contributed by atoms with Gasteiger partial charge in [-0.25, -0.2) is 22.6 Å². The maximum atomic E-state index is 13.7. The van der Waals surface area contributed by atoms with E-state index in [1.54, 1.807) is 18.2 Å². The molecule has 50 heavy (non-hydrogen) atoms. The normalized spacial score (nSPS) is 17.5. The Morgan fingerprint density at radius 1 is 0.940 bits per heavy atom. The summed E-state index contributed by atoms with van der Waals surface area (Å²) in [5.74, 6) is -1.40. The predicted octanol–water partition coefficient (Wildman–Crippen LogP) is 6.02. The fourth-order valence-corrected chi connectivity index (χ4v) is 7.27. The SMILES string of the molecule is O=C(ON(C1CCC(NCc2ccc3c(c2)CCO3)CC1)S(=O)(=O)c1ccc(CNc2nccc(Nc3ccc(F)cc3)n2)cc1)C(F)(F)F. The zero-order valence-electron chi connectivity index (χ0n) is 26.6. The minimum Gasteiger partial charge on any atom is -0.493 e. The minimum atomic E-state index is -5.39. The van der Waals surface area contributed by atoms with Crippen LogP contribution >= 0.6 is 0 Å². The number of rotatable bonds is 12. The maximum Gasteiger partial charge on any atom is 0.492 e. The van der Waals surface area contributed by atoms with Crippen molar-refractivity contribution in [3.8, 4) is 5.75 Å². The Bertz CT molecular complexity index is 1900. The van der Waals surface area contributed by atoms with Crippen LogP contribution in [-0.2, 0) is 39.2 Å². The quantitative estimate of drug-likeness (QED) is 0.118. The fourth-order valence-electron chi connectivity index (χ4n) is 5.82. The largest absolute Gasteiger partial charge is 0.493 e. The molecule has 3 aromatic carbocycles. The van der Waals surface area contributed by atoms with Gasteiger partial charge in [0.05, 0.1) is 17.5 Å². The number of nitrogens with one attached hydrogen (secondary N) is 3. The Balaban J connectivity index is 1.08. The van der Waals surface area contributed by atoms with Gasteiger partial charge in [0, 0.05) is 37.4 Å². The number of halogens is 4. The second kappa shape index (κ2) is 15.0. The molecule has 4 aromatic rings. The lowest BCUT2D eigenvalue weighted by Crippen LogP contribution is -2.47. The van der Waals surface area contributed by atoms with E-state index in [9.17, 15) is 30.8 Å². The molecule has 2 heterocycles. The van der Waals surface area contributed by atoms with Crippen LogP contribution in [0.25, 0.3) is 0 Å². The van der Waals surface area contributed by atoms with E-state index in [4.69, 9.17) is 4.74 Å². The van der Waals surface area contributed by atoms with Crippen LogP contribution < -0.4 is 20.7 Å². The van der Waals surface area contributed by atoms with Crippen LogP contribution in [0.1, 0.15) is 42.4 Å². The van der Waals surface area contributed by atoms with Gasteiger partial charge in [0.15, 0.2) is 0 Å². The molecule has 0 radical (unpaired) electrons. The first-order chi connectivity index (χ1) is 23.9. The summed E-state index contributed by atoms with van der Waals surface area (Å²) in [6.07, 6.45) is -1.76. The smallest absolute Gasteiger partial charge is 0.492 e. The summed E-state index contributed by atoms with van der Waals surface area (Å²) in [5, 5.41) is 9.50. The lowest BCUT2D eigenvalue weighted by atomic mass is 9.91. The standard InChI is InChI=1S/C34H34F4N6O5S/c35-25-4-6-27(7-5-25)42-31-15-17-39-33(43-31)41-20-22-1-12-29(13-2-22)50(46,47)44(49-32(45)34(36,37)38)28-10-8-26(9-11-28)40-21-23-3-14-30-24(19-23)16-18-48-30/h1-7,12-15,17,19,26,28,40H,8-11,16,18,20-21H2,(H2,39,41,42,43). The number of ether oxygens (including phenoxy) is 1. The summed E-state index contributed by atoms with van der Waals surface area (Å²) < 4.78 is 86.1. The first-order valence-corrected chi connectivity index (χ1v) is 17.4. The Kier molecular flexibility index (Phi) is 10.5. The van der Waals surface area contributed by atoms with Crippen LogP contribution in [-0.4, -0.2) is 53.7 Å². The molecule has 1 fully saturated rings. The van der Waals surface area contributed by atoms with Crippen molar-refractivity contribution in [1.82, 2.24) is 19.8 Å². The van der Waals surface area contributed by atoms with Crippen molar-refractivity contribution in [2.75, 3.05) is 17.2 Å². The number of hydroxylamine groups is 1. The molecule has 0 saturated heterocycles. The molecule has 1 aliphatic carbocycles. The van der Waals surface area contributed by atoms with Gasteiger partial charge in [0.2, 0.25) is 5.95 Å². The van der Waals surface area contributed by atoms with Gasteiger partial charge in [-0.05, 0) is 95.4 Å². The molecule has 2 aliphatic rings. The van der Waals surface area contributed by atoms with Crippen molar-refractivity contribution in [3.05, 3.63) is 102 Å². The van der Waals surface area contributed by atoms with E-state index in [2.05, 4.69) is 36.8 Å². The van der Waals surface area contributed by atoms with E-state index in [-0.39, 0.29) is 46.6 Å². The van der Waals surface area contributed by atoms with Gasteiger partial charge in [-0.1, -0.05) is 24.3 Å². The summed E-state index contributed by atoms with van der Waals surface area (Å²) in [4.78, 5) is 24.6. The molecule has 264 valence electrons. The zero-order valence-corrected chi connectivity index (χ0v) is 27.4. The van der Waals surface area contributed by atoms with Gasteiger partial charge in [-0.2, -0.15) is 18.2 Å². The van der Waals surface area contributed by atoms with E-state index >= 15 is 0 Å². The fraction of sp³-hybridized carbons (Fsp3) is 0.324.